The third kappa shape index (κ3) is 6.56. The second-order valence-corrected chi connectivity index (χ2v) is 3.60. The maximum atomic E-state index is 5.59. The van der Waals surface area contributed by atoms with Crippen LogP contribution in [0, 0.1) is 0 Å². The minimum atomic E-state index is 0.685. The van der Waals surface area contributed by atoms with Gasteiger partial charge in [0.1, 0.15) is 0 Å². The summed E-state index contributed by atoms with van der Waals surface area (Å²) in [5, 5.41) is 0. The molecule has 0 aliphatic heterocycles. The van der Waals surface area contributed by atoms with Gasteiger partial charge in [-0.2, -0.15) is 0 Å². The highest BCUT2D eigenvalue weighted by atomic mass is 35.5. The van der Waals surface area contributed by atoms with Crippen LogP contribution in [-0.2, 0) is 0 Å². The van der Waals surface area contributed by atoms with Gasteiger partial charge in [-0.15, -0.1) is 11.8 Å². The zero-order chi connectivity index (χ0) is 7.11. The first-order valence-corrected chi connectivity index (χ1v) is 4.70. The lowest BCUT2D eigenvalue weighted by molar-refractivity contribution is 0.897. The third-order valence-electron chi connectivity index (χ3n) is 0.824. The average Bonchev–Trinajstić information content (AvgIpc) is 1.89. The van der Waals surface area contributed by atoms with Crippen LogP contribution in [0.2, 0.25) is 0 Å². The van der Waals surface area contributed by atoms with Crippen LogP contribution in [0.5, 0.6) is 0 Å². The number of halogens is 2. The van der Waals surface area contributed by atoms with E-state index in [1.165, 1.54) is 18.4 Å². The van der Waals surface area contributed by atoms with Gasteiger partial charge in [0.25, 0.3) is 0 Å². The molecule has 0 saturated heterocycles. The zero-order valence-electron chi connectivity index (χ0n) is 5.36. The summed E-state index contributed by atoms with van der Waals surface area (Å²) in [5.74, 6) is 1.07. The number of hydrogen-bond acceptors (Lipinski definition) is 1. The van der Waals surface area contributed by atoms with Crippen LogP contribution in [0.1, 0.15) is 19.8 Å². The van der Waals surface area contributed by atoms with Gasteiger partial charge in [-0.05, 0) is 12.2 Å². The van der Waals surface area contributed by atoms with Crippen LogP contribution in [0.3, 0.4) is 0 Å². The minimum absolute atomic E-state index is 0.685. The molecule has 0 fully saturated rings. The van der Waals surface area contributed by atoms with Crippen LogP contribution in [0.4, 0.5) is 0 Å². The Balaban J connectivity index is 3.07. The smallest absolute Gasteiger partial charge is 0.0848 e. The zero-order valence-corrected chi connectivity index (χ0v) is 7.69. The van der Waals surface area contributed by atoms with Crippen molar-refractivity contribution in [2.75, 3.05) is 5.75 Å². The summed E-state index contributed by atoms with van der Waals surface area (Å²) in [6.45, 7) is 2.15. The maximum Gasteiger partial charge on any atom is 0.0848 e. The molecule has 0 aliphatic rings. The van der Waals surface area contributed by atoms with Crippen molar-refractivity contribution < 1.29 is 0 Å². The predicted molar refractivity (Wildman–Crippen MR) is 47.2 cm³/mol. The Morgan fingerprint density at radius 3 is 2.78 bits per heavy atom. The van der Waals surface area contributed by atoms with E-state index in [4.69, 9.17) is 23.2 Å². The van der Waals surface area contributed by atoms with Gasteiger partial charge in [-0.3, -0.25) is 0 Å². The molecule has 0 aliphatic carbocycles. The topological polar surface area (TPSA) is 0 Å². The Labute approximate surface area is 70.6 Å². The van der Waals surface area contributed by atoms with Crippen molar-refractivity contribution in [2.45, 2.75) is 19.8 Å². The van der Waals surface area contributed by atoms with E-state index in [1.807, 2.05) is 0 Å². The first-order chi connectivity index (χ1) is 4.31. The van der Waals surface area contributed by atoms with Gasteiger partial charge in [0, 0.05) is 5.54 Å². The SMILES string of the molecule is CCCCS/C(Cl)=C\Cl. The van der Waals surface area contributed by atoms with Gasteiger partial charge in [0.05, 0.1) is 4.36 Å². The predicted octanol–water partition coefficient (Wildman–Crippen LogP) is 3.80. The third-order valence-corrected chi connectivity index (χ3v) is 2.61. The number of unbranched alkanes of at least 4 members (excludes halogenated alkanes) is 1. The highest BCUT2D eigenvalue weighted by Gasteiger charge is 1.89. The summed E-state index contributed by atoms with van der Waals surface area (Å²) in [7, 11) is 0. The van der Waals surface area contributed by atoms with Gasteiger partial charge in [0.2, 0.25) is 0 Å². The Kier molecular flexibility index (Phi) is 7.29. The highest BCUT2D eigenvalue weighted by molar-refractivity contribution is 8.04. The van der Waals surface area contributed by atoms with E-state index in [2.05, 4.69) is 6.92 Å². The largest absolute Gasteiger partial charge is 0.113 e. The summed E-state index contributed by atoms with van der Waals surface area (Å²) in [6, 6.07) is 0. The molecular weight excluding hydrogens is 175 g/mol. The second kappa shape index (κ2) is 6.79. The molecule has 3 heteroatoms. The van der Waals surface area contributed by atoms with Gasteiger partial charge < -0.3 is 0 Å². The lowest BCUT2D eigenvalue weighted by atomic mass is 10.4. The van der Waals surface area contributed by atoms with Gasteiger partial charge in [-0.1, -0.05) is 36.5 Å². The molecule has 0 nitrogen and oxygen atoms in total. The van der Waals surface area contributed by atoms with Crippen LogP contribution in [0.15, 0.2) is 9.90 Å². The second-order valence-electron chi connectivity index (χ2n) is 1.62. The van der Waals surface area contributed by atoms with E-state index in [9.17, 15) is 0 Å². The average molecular weight is 185 g/mol. The molecule has 0 amide bonds. The summed E-state index contributed by atoms with van der Waals surface area (Å²) in [6.07, 6.45) is 2.41. The fraction of sp³-hybridized carbons (Fsp3) is 0.667. The molecule has 0 radical (unpaired) electrons. The maximum absolute atomic E-state index is 5.59. The van der Waals surface area contributed by atoms with Crippen LogP contribution < -0.4 is 0 Å². The Morgan fingerprint density at radius 2 is 2.33 bits per heavy atom. The first kappa shape index (κ1) is 9.67. The Hall–Kier alpha value is 0.670. The normalized spacial score (nSPS) is 12.1. The van der Waals surface area contributed by atoms with Crippen LogP contribution >= 0.6 is 35.0 Å². The summed E-state index contributed by atoms with van der Waals surface area (Å²) >= 11 is 12.5. The lowest BCUT2D eigenvalue weighted by Gasteiger charge is -1.93. The molecule has 0 aromatic rings. The minimum Gasteiger partial charge on any atom is -0.113 e. The summed E-state index contributed by atoms with van der Waals surface area (Å²) in [5.41, 5.74) is 1.40. The fourth-order valence-corrected chi connectivity index (χ4v) is 1.46. The molecule has 0 bridgehead atoms. The standard InChI is InChI=1S/C6H10Cl2S/c1-2-3-4-9-6(8)5-7/h5H,2-4H2,1H3/b6-5-. The van der Waals surface area contributed by atoms with E-state index in [1.54, 1.807) is 11.8 Å². The van der Waals surface area contributed by atoms with Crippen LogP contribution in [-0.4, -0.2) is 5.75 Å². The van der Waals surface area contributed by atoms with Crippen molar-refractivity contribution in [1.82, 2.24) is 0 Å². The molecule has 0 aromatic heterocycles. The molecule has 0 heterocycles. The molecule has 0 atom stereocenters. The van der Waals surface area contributed by atoms with Crippen molar-refractivity contribution in [3.8, 4) is 0 Å². The molecule has 0 aromatic carbocycles. The van der Waals surface area contributed by atoms with E-state index in [0.717, 1.165) is 5.75 Å². The summed E-state index contributed by atoms with van der Waals surface area (Å²) in [4.78, 5) is 0. The van der Waals surface area contributed by atoms with Crippen LogP contribution in [0.25, 0.3) is 0 Å². The van der Waals surface area contributed by atoms with Gasteiger partial charge >= 0.3 is 0 Å². The monoisotopic (exact) mass is 184 g/mol. The van der Waals surface area contributed by atoms with Crippen molar-refractivity contribution in [1.29, 1.82) is 0 Å². The van der Waals surface area contributed by atoms with E-state index < -0.39 is 0 Å². The van der Waals surface area contributed by atoms with E-state index in [0.29, 0.717) is 4.36 Å². The molecule has 0 N–H and O–H groups in total. The van der Waals surface area contributed by atoms with Crippen molar-refractivity contribution in [3.05, 3.63) is 9.90 Å². The van der Waals surface area contributed by atoms with Crippen molar-refractivity contribution in [2.24, 2.45) is 0 Å². The molecule has 9 heavy (non-hydrogen) atoms. The highest BCUT2D eigenvalue weighted by Crippen LogP contribution is 2.21. The number of hydrogen-bond donors (Lipinski definition) is 0. The van der Waals surface area contributed by atoms with Crippen molar-refractivity contribution >= 4 is 35.0 Å². The Bertz CT molecular complexity index is 91.1. The fourth-order valence-electron chi connectivity index (χ4n) is 0.346. The Morgan fingerprint density at radius 1 is 1.67 bits per heavy atom. The molecular formula is C6H10Cl2S. The molecule has 0 rings (SSSR count). The first-order valence-electron chi connectivity index (χ1n) is 2.90. The quantitative estimate of drug-likeness (QED) is 0.600. The molecule has 0 unspecified atom stereocenters. The molecule has 54 valence electrons. The molecule has 0 spiro atoms. The molecule has 0 saturated carbocycles. The van der Waals surface area contributed by atoms with Gasteiger partial charge in [-0.25, -0.2) is 0 Å². The number of rotatable bonds is 4. The van der Waals surface area contributed by atoms with Gasteiger partial charge in [0.15, 0.2) is 0 Å². The summed E-state index contributed by atoms with van der Waals surface area (Å²) < 4.78 is 0.685. The van der Waals surface area contributed by atoms with E-state index in [-0.39, 0.29) is 0 Å². The number of thioether (sulfide) groups is 1. The lowest BCUT2D eigenvalue weighted by Crippen LogP contribution is -1.74. The van der Waals surface area contributed by atoms with Crippen molar-refractivity contribution in [3.63, 3.8) is 0 Å². The van der Waals surface area contributed by atoms with E-state index >= 15 is 0 Å².